The molecule has 0 saturated heterocycles. The molecule has 2 aromatic rings. The van der Waals surface area contributed by atoms with Gasteiger partial charge in [0.15, 0.2) is 0 Å². The Balaban J connectivity index is 2.24. The number of hydrogen-bond acceptors (Lipinski definition) is 3. The van der Waals surface area contributed by atoms with Crippen LogP contribution in [-0.4, -0.2) is 17.9 Å². The van der Waals surface area contributed by atoms with Gasteiger partial charge in [-0.3, -0.25) is 10.6 Å². The van der Waals surface area contributed by atoms with Crippen molar-refractivity contribution in [2.24, 2.45) is 5.84 Å². The van der Waals surface area contributed by atoms with Crippen LogP contribution in [0.25, 0.3) is 0 Å². The number of nitrogens with one attached hydrogen (secondary N) is 1. The topological polar surface area (TPSA) is 58.4 Å². The number of benzene rings is 2. The smallest absolute Gasteiger partial charge is 0.256 e. The molecule has 0 aliphatic rings. The van der Waals surface area contributed by atoms with E-state index in [2.05, 4.69) is 5.43 Å². The van der Waals surface area contributed by atoms with E-state index in [1.165, 1.54) is 36.2 Å². The van der Waals surface area contributed by atoms with Crippen molar-refractivity contribution < 1.29 is 13.6 Å². The molecular formula is C15H15F2N3O. The molecule has 0 aliphatic carbocycles. The average Bonchev–Trinajstić information content (AvgIpc) is 2.48. The summed E-state index contributed by atoms with van der Waals surface area (Å²) in [4.78, 5) is 13.6. The summed E-state index contributed by atoms with van der Waals surface area (Å²) in [6.07, 6.45) is 0. The predicted molar refractivity (Wildman–Crippen MR) is 76.4 cm³/mol. The third kappa shape index (κ3) is 3.17. The quantitative estimate of drug-likeness (QED) is 0.672. The molecule has 21 heavy (non-hydrogen) atoms. The van der Waals surface area contributed by atoms with Crippen molar-refractivity contribution in [2.45, 2.75) is 6.54 Å². The van der Waals surface area contributed by atoms with Gasteiger partial charge in [-0.15, -0.1) is 0 Å². The zero-order chi connectivity index (χ0) is 15.4. The molecule has 0 fully saturated rings. The first-order valence-electron chi connectivity index (χ1n) is 6.28. The summed E-state index contributed by atoms with van der Waals surface area (Å²) < 4.78 is 27.2. The van der Waals surface area contributed by atoms with Crippen LogP contribution < -0.4 is 11.3 Å². The monoisotopic (exact) mass is 291 g/mol. The lowest BCUT2D eigenvalue weighted by molar-refractivity contribution is 0.0784. The SMILES string of the molecule is CN(Cc1ccccc1F)C(=O)c1cccc(F)c1NN. The van der Waals surface area contributed by atoms with Crippen molar-refractivity contribution in [3.05, 3.63) is 65.2 Å². The summed E-state index contributed by atoms with van der Waals surface area (Å²) >= 11 is 0. The van der Waals surface area contributed by atoms with Crippen LogP contribution in [0.4, 0.5) is 14.5 Å². The van der Waals surface area contributed by atoms with E-state index in [4.69, 9.17) is 5.84 Å². The summed E-state index contributed by atoms with van der Waals surface area (Å²) in [5.41, 5.74) is 2.57. The van der Waals surface area contributed by atoms with Crippen molar-refractivity contribution >= 4 is 11.6 Å². The fourth-order valence-electron chi connectivity index (χ4n) is 2.01. The number of nitrogens with two attached hydrogens (primary N) is 1. The second-order valence-electron chi connectivity index (χ2n) is 4.56. The highest BCUT2D eigenvalue weighted by Gasteiger charge is 2.19. The van der Waals surface area contributed by atoms with Gasteiger partial charge in [0.05, 0.1) is 11.3 Å². The van der Waals surface area contributed by atoms with E-state index >= 15 is 0 Å². The predicted octanol–water partition coefficient (Wildman–Crippen LogP) is 2.52. The average molecular weight is 291 g/mol. The van der Waals surface area contributed by atoms with E-state index in [0.29, 0.717) is 5.56 Å². The highest BCUT2D eigenvalue weighted by Crippen LogP contribution is 2.21. The Kier molecular flexibility index (Phi) is 4.49. The van der Waals surface area contributed by atoms with Crippen molar-refractivity contribution in [2.75, 3.05) is 12.5 Å². The Bertz CT molecular complexity index is 661. The third-order valence-electron chi connectivity index (χ3n) is 3.10. The van der Waals surface area contributed by atoms with Crippen LogP contribution in [0.5, 0.6) is 0 Å². The molecule has 110 valence electrons. The molecule has 3 N–H and O–H groups in total. The van der Waals surface area contributed by atoms with E-state index < -0.39 is 17.5 Å². The number of rotatable bonds is 4. The molecule has 6 heteroatoms. The molecule has 0 unspecified atom stereocenters. The van der Waals surface area contributed by atoms with Crippen molar-refractivity contribution in [1.82, 2.24) is 4.90 Å². The zero-order valence-electron chi connectivity index (χ0n) is 11.4. The van der Waals surface area contributed by atoms with Crippen molar-refractivity contribution in [3.63, 3.8) is 0 Å². The maximum atomic E-state index is 13.6. The van der Waals surface area contributed by atoms with Gasteiger partial charge in [0, 0.05) is 19.2 Å². The minimum absolute atomic E-state index is 0.0754. The lowest BCUT2D eigenvalue weighted by atomic mass is 10.1. The lowest BCUT2D eigenvalue weighted by Crippen LogP contribution is -2.28. The fourth-order valence-corrected chi connectivity index (χ4v) is 2.01. The molecule has 2 aromatic carbocycles. The van der Waals surface area contributed by atoms with Gasteiger partial charge < -0.3 is 10.3 Å². The van der Waals surface area contributed by atoms with Crippen LogP contribution >= 0.6 is 0 Å². The Morgan fingerprint density at radius 2 is 1.81 bits per heavy atom. The zero-order valence-corrected chi connectivity index (χ0v) is 11.4. The molecule has 0 bridgehead atoms. The van der Waals surface area contributed by atoms with Gasteiger partial charge in [-0.05, 0) is 18.2 Å². The number of hydrogen-bond donors (Lipinski definition) is 2. The highest BCUT2D eigenvalue weighted by atomic mass is 19.1. The first-order valence-corrected chi connectivity index (χ1v) is 6.28. The number of nitrogen functional groups attached to an aromatic ring is 1. The highest BCUT2D eigenvalue weighted by molar-refractivity contribution is 5.99. The number of hydrazine groups is 1. The van der Waals surface area contributed by atoms with Crippen LogP contribution in [0.1, 0.15) is 15.9 Å². The Labute approximate surface area is 121 Å². The van der Waals surface area contributed by atoms with Crippen LogP contribution in [0.2, 0.25) is 0 Å². The maximum Gasteiger partial charge on any atom is 0.256 e. The summed E-state index contributed by atoms with van der Waals surface area (Å²) in [6, 6.07) is 10.2. The molecule has 2 rings (SSSR count). The first-order chi connectivity index (χ1) is 10.0. The van der Waals surface area contributed by atoms with Gasteiger partial charge in [-0.25, -0.2) is 8.78 Å². The second-order valence-corrected chi connectivity index (χ2v) is 4.56. The molecule has 0 atom stereocenters. The number of para-hydroxylation sites is 1. The number of amides is 1. The van der Waals surface area contributed by atoms with E-state index in [9.17, 15) is 13.6 Å². The Morgan fingerprint density at radius 1 is 1.14 bits per heavy atom. The van der Waals surface area contributed by atoms with Gasteiger partial charge in [0.2, 0.25) is 0 Å². The van der Waals surface area contributed by atoms with E-state index in [1.807, 2.05) is 0 Å². The van der Waals surface area contributed by atoms with E-state index in [0.717, 1.165) is 0 Å². The molecule has 4 nitrogen and oxygen atoms in total. The first kappa shape index (κ1) is 14.9. The molecule has 0 saturated carbocycles. The van der Waals surface area contributed by atoms with Gasteiger partial charge >= 0.3 is 0 Å². The standard InChI is InChI=1S/C15H15F2N3O/c1-20(9-10-5-2-3-7-12(10)16)15(21)11-6-4-8-13(17)14(11)19-18/h2-8,19H,9,18H2,1H3. The minimum Gasteiger partial charge on any atom is -0.337 e. The number of anilines is 1. The molecule has 0 spiro atoms. The summed E-state index contributed by atoms with van der Waals surface area (Å²) in [5, 5.41) is 0. The molecular weight excluding hydrogens is 276 g/mol. The van der Waals surface area contributed by atoms with Gasteiger partial charge in [0.1, 0.15) is 11.6 Å². The van der Waals surface area contributed by atoms with E-state index in [-0.39, 0.29) is 17.8 Å². The molecule has 0 aliphatic heterocycles. The Hall–Kier alpha value is -2.47. The minimum atomic E-state index is -0.623. The largest absolute Gasteiger partial charge is 0.337 e. The van der Waals surface area contributed by atoms with Gasteiger partial charge in [-0.2, -0.15) is 0 Å². The van der Waals surface area contributed by atoms with E-state index in [1.54, 1.807) is 18.2 Å². The normalized spacial score (nSPS) is 10.3. The second kappa shape index (κ2) is 6.32. The van der Waals surface area contributed by atoms with Gasteiger partial charge in [0.25, 0.3) is 5.91 Å². The van der Waals surface area contributed by atoms with Crippen molar-refractivity contribution in [3.8, 4) is 0 Å². The summed E-state index contributed by atoms with van der Waals surface area (Å²) in [7, 11) is 1.51. The summed E-state index contributed by atoms with van der Waals surface area (Å²) in [5.74, 6) is 3.77. The fraction of sp³-hybridized carbons (Fsp3) is 0.133. The van der Waals surface area contributed by atoms with Crippen LogP contribution in [0.15, 0.2) is 42.5 Å². The number of nitrogens with zero attached hydrogens (tertiary/aromatic N) is 1. The van der Waals surface area contributed by atoms with Crippen LogP contribution in [0.3, 0.4) is 0 Å². The summed E-state index contributed by atoms with van der Waals surface area (Å²) in [6.45, 7) is 0.0754. The van der Waals surface area contributed by atoms with Gasteiger partial charge in [-0.1, -0.05) is 24.3 Å². The molecule has 0 radical (unpaired) electrons. The number of carbonyl (C=O) groups is 1. The van der Waals surface area contributed by atoms with Crippen molar-refractivity contribution in [1.29, 1.82) is 0 Å². The Morgan fingerprint density at radius 3 is 2.48 bits per heavy atom. The maximum absolute atomic E-state index is 13.6. The lowest BCUT2D eigenvalue weighted by Gasteiger charge is -2.19. The molecule has 0 aromatic heterocycles. The van der Waals surface area contributed by atoms with Crippen LogP contribution in [0, 0.1) is 11.6 Å². The number of carbonyl (C=O) groups excluding carboxylic acids is 1. The number of halogens is 2. The third-order valence-corrected chi connectivity index (χ3v) is 3.10. The molecule has 1 amide bonds. The molecule has 0 heterocycles. The van der Waals surface area contributed by atoms with Crippen LogP contribution in [-0.2, 0) is 6.54 Å².